The van der Waals surface area contributed by atoms with Gasteiger partial charge in [0, 0.05) is 31.4 Å². The number of halogens is 3. The number of carbonyl (C=O) groups excluding carboxylic acids is 1. The number of hydrogen-bond acceptors (Lipinski definition) is 4. The summed E-state index contributed by atoms with van der Waals surface area (Å²) in [6, 6.07) is 4.96. The summed E-state index contributed by atoms with van der Waals surface area (Å²) >= 11 is 6.03. The highest BCUT2D eigenvalue weighted by atomic mass is 35.5. The number of rotatable bonds is 4. The Labute approximate surface area is 148 Å². The summed E-state index contributed by atoms with van der Waals surface area (Å²) in [6.45, 7) is 6.11. The van der Waals surface area contributed by atoms with Crippen molar-refractivity contribution in [3.63, 3.8) is 0 Å². The van der Waals surface area contributed by atoms with Crippen LogP contribution in [-0.4, -0.2) is 49.7 Å². The second kappa shape index (κ2) is 10.1. The summed E-state index contributed by atoms with van der Waals surface area (Å²) in [6.07, 6.45) is 0. The van der Waals surface area contributed by atoms with Crippen LogP contribution in [0.3, 0.4) is 0 Å². The average Bonchev–Trinajstić information content (AvgIpc) is 2.39. The number of hydrogen-bond donors (Lipinski definition) is 2. The van der Waals surface area contributed by atoms with E-state index in [2.05, 4.69) is 10.2 Å². The third-order valence-corrected chi connectivity index (χ3v) is 3.56. The molecule has 1 aromatic carbocycles. The lowest BCUT2D eigenvalue weighted by atomic mass is 10.1. The number of morpholine rings is 1. The van der Waals surface area contributed by atoms with Gasteiger partial charge in [0.1, 0.15) is 0 Å². The molecule has 1 heterocycles. The number of nitrogens with two attached hydrogens (primary N) is 1. The Morgan fingerprint density at radius 2 is 2.05 bits per heavy atom. The lowest BCUT2D eigenvalue weighted by molar-refractivity contribution is 0.0342. The van der Waals surface area contributed by atoms with Gasteiger partial charge in [-0.15, -0.1) is 24.8 Å². The molecule has 1 aromatic rings. The maximum atomic E-state index is 12.1. The Balaban J connectivity index is 0.00000220. The molecule has 0 spiro atoms. The lowest BCUT2D eigenvalue weighted by Crippen LogP contribution is -2.46. The highest BCUT2D eigenvalue weighted by Crippen LogP contribution is 2.19. The number of anilines is 1. The van der Waals surface area contributed by atoms with Crippen LogP contribution in [-0.2, 0) is 4.74 Å². The third-order valence-electron chi connectivity index (χ3n) is 3.25. The molecule has 22 heavy (non-hydrogen) atoms. The minimum Gasteiger partial charge on any atom is -0.399 e. The molecule has 1 saturated heterocycles. The molecule has 0 aliphatic carbocycles. The first kappa shape index (κ1) is 21.3. The largest absolute Gasteiger partial charge is 0.399 e. The highest BCUT2D eigenvalue weighted by molar-refractivity contribution is 6.34. The van der Waals surface area contributed by atoms with Crippen molar-refractivity contribution < 1.29 is 9.53 Å². The zero-order chi connectivity index (χ0) is 14.5. The van der Waals surface area contributed by atoms with E-state index in [4.69, 9.17) is 22.1 Å². The van der Waals surface area contributed by atoms with E-state index in [1.807, 2.05) is 6.92 Å². The van der Waals surface area contributed by atoms with Crippen LogP contribution in [0.1, 0.15) is 17.3 Å². The van der Waals surface area contributed by atoms with E-state index in [0.717, 1.165) is 32.8 Å². The fourth-order valence-corrected chi connectivity index (χ4v) is 2.51. The van der Waals surface area contributed by atoms with Gasteiger partial charge in [-0.3, -0.25) is 9.69 Å². The van der Waals surface area contributed by atoms with E-state index in [1.54, 1.807) is 18.2 Å². The molecule has 0 bridgehead atoms. The Morgan fingerprint density at radius 3 is 2.64 bits per heavy atom. The molecule has 126 valence electrons. The highest BCUT2D eigenvalue weighted by Gasteiger charge is 2.17. The molecule has 5 nitrogen and oxygen atoms in total. The van der Waals surface area contributed by atoms with E-state index in [9.17, 15) is 4.79 Å². The van der Waals surface area contributed by atoms with Crippen LogP contribution in [0.5, 0.6) is 0 Å². The number of nitrogen functional groups attached to an aromatic ring is 1. The van der Waals surface area contributed by atoms with Gasteiger partial charge in [-0.2, -0.15) is 0 Å². The molecule has 3 N–H and O–H groups in total. The zero-order valence-corrected chi connectivity index (χ0v) is 14.8. The third kappa shape index (κ3) is 6.18. The second-order valence-corrected chi connectivity index (χ2v) is 5.43. The molecule has 1 aliphatic heterocycles. The van der Waals surface area contributed by atoms with Gasteiger partial charge in [-0.05, 0) is 25.1 Å². The van der Waals surface area contributed by atoms with E-state index >= 15 is 0 Å². The Kier molecular flexibility index (Phi) is 9.80. The van der Waals surface area contributed by atoms with E-state index in [0.29, 0.717) is 16.3 Å². The number of amides is 1. The number of carbonyl (C=O) groups is 1. The van der Waals surface area contributed by atoms with Gasteiger partial charge < -0.3 is 15.8 Å². The molecule has 0 aromatic heterocycles. The van der Waals surface area contributed by atoms with E-state index in [-0.39, 0.29) is 36.8 Å². The molecular weight excluding hydrogens is 349 g/mol. The molecular formula is C14H22Cl3N3O2. The zero-order valence-electron chi connectivity index (χ0n) is 12.4. The fourth-order valence-electron chi connectivity index (χ4n) is 2.23. The minimum absolute atomic E-state index is 0. The van der Waals surface area contributed by atoms with Crippen LogP contribution >= 0.6 is 36.4 Å². The molecule has 1 aliphatic rings. The van der Waals surface area contributed by atoms with E-state index in [1.165, 1.54) is 0 Å². The molecule has 1 atom stereocenters. The van der Waals surface area contributed by atoms with Crippen LogP contribution in [0, 0.1) is 0 Å². The molecule has 0 saturated carbocycles. The summed E-state index contributed by atoms with van der Waals surface area (Å²) in [4.78, 5) is 14.4. The van der Waals surface area contributed by atoms with E-state index < -0.39 is 0 Å². The first-order valence-electron chi connectivity index (χ1n) is 6.72. The fraction of sp³-hybridized carbons (Fsp3) is 0.500. The summed E-state index contributed by atoms with van der Waals surface area (Å²) in [5.74, 6) is -0.171. The first-order valence-corrected chi connectivity index (χ1v) is 7.10. The van der Waals surface area contributed by atoms with Crippen LogP contribution in [0.15, 0.2) is 18.2 Å². The molecule has 8 heteroatoms. The Hall–Kier alpha value is -0.720. The molecule has 1 unspecified atom stereocenters. The predicted octanol–water partition coefficient (Wildman–Crippen LogP) is 2.22. The maximum Gasteiger partial charge on any atom is 0.253 e. The van der Waals surface area contributed by atoms with Crippen LogP contribution in [0.4, 0.5) is 5.69 Å². The predicted molar refractivity (Wildman–Crippen MR) is 94.5 cm³/mol. The number of ether oxygens (including phenoxy) is 1. The number of benzene rings is 1. The topological polar surface area (TPSA) is 67.6 Å². The van der Waals surface area contributed by atoms with Crippen LogP contribution in [0.2, 0.25) is 5.02 Å². The summed E-state index contributed by atoms with van der Waals surface area (Å²) < 4.78 is 5.30. The average molecular weight is 371 g/mol. The quantitative estimate of drug-likeness (QED) is 0.798. The first-order chi connectivity index (χ1) is 9.56. The van der Waals surface area contributed by atoms with Crippen molar-refractivity contribution in [2.45, 2.75) is 13.0 Å². The smallest absolute Gasteiger partial charge is 0.253 e. The van der Waals surface area contributed by atoms with Gasteiger partial charge in [0.05, 0.1) is 23.8 Å². The molecule has 0 radical (unpaired) electrons. The second-order valence-electron chi connectivity index (χ2n) is 5.03. The van der Waals surface area contributed by atoms with Crippen molar-refractivity contribution in [2.75, 3.05) is 38.6 Å². The minimum atomic E-state index is -0.171. The van der Waals surface area contributed by atoms with Crippen LogP contribution in [0.25, 0.3) is 0 Å². The van der Waals surface area contributed by atoms with Crippen molar-refractivity contribution in [1.82, 2.24) is 10.2 Å². The van der Waals surface area contributed by atoms with Crippen molar-refractivity contribution in [2.24, 2.45) is 0 Å². The summed E-state index contributed by atoms with van der Waals surface area (Å²) in [7, 11) is 0. The Morgan fingerprint density at radius 1 is 1.41 bits per heavy atom. The van der Waals surface area contributed by atoms with Crippen molar-refractivity contribution in [3.8, 4) is 0 Å². The van der Waals surface area contributed by atoms with Crippen LogP contribution < -0.4 is 11.1 Å². The van der Waals surface area contributed by atoms with Gasteiger partial charge in [-0.25, -0.2) is 0 Å². The van der Waals surface area contributed by atoms with Gasteiger partial charge in [0.2, 0.25) is 0 Å². The van der Waals surface area contributed by atoms with Gasteiger partial charge in [-0.1, -0.05) is 11.6 Å². The number of nitrogens with one attached hydrogen (secondary N) is 1. The van der Waals surface area contributed by atoms with Crippen molar-refractivity contribution >= 4 is 48.0 Å². The Bertz CT molecular complexity index is 482. The standard InChI is InChI=1S/C14H20ClN3O2.2ClH/c1-10(9-18-4-6-20-7-5-18)17-14(19)12-3-2-11(16)8-13(12)15;;/h2-3,8,10H,4-7,9,16H2,1H3,(H,17,19);2*1H. The SMILES string of the molecule is CC(CN1CCOCC1)NC(=O)c1ccc(N)cc1Cl.Cl.Cl. The van der Waals surface area contributed by atoms with Crippen molar-refractivity contribution in [1.29, 1.82) is 0 Å². The summed E-state index contributed by atoms with van der Waals surface area (Å²) in [5, 5.41) is 3.33. The summed E-state index contributed by atoms with van der Waals surface area (Å²) in [5.41, 5.74) is 6.62. The van der Waals surface area contributed by atoms with Gasteiger partial charge in [0.15, 0.2) is 0 Å². The molecule has 1 amide bonds. The maximum absolute atomic E-state index is 12.1. The monoisotopic (exact) mass is 369 g/mol. The van der Waals surface area contributed by atoms with Gasteiger partial charge in [0.25, 0.3) is 5.91 Å². The lowest BCUT2D eigenvalue weighted by Gasteiger charge is -2.29. The van der Waals surface area contributed by atoms with Crippen molar-refractivity contribution in [3.05, 3.63) is 28.8 Å². The number of nitrogens with zero attached hydrogens (tertiary/aromatic N) is 1. The molecule has 2 rings (SSSR count). The van der Waals surface area contributed by atoms with Gasteiger partial charge >= 0.3 is 0 Å². The normalized spacial score (nSPS) is 16.1. The molecule has 1 fully saturated rings.